The summed E-state index contributed by atoms with van der Waals surface area (Å²) in [5.74, 6) is -1.23. The second-order valence-corrected chi connectivity index (χ2v) is 31.4. The molecule has 0 aliphatic carbocycles. The lowest BCUT2D eigenvalue weighted by Crippen LogP contribution is -2.55. The Morgan fingerprint density at radius 2 is 0.712 bits per heavy atom. The molecule has 0 spiro atoms. The van der Waals surface area contributed by atoms with E-state index in [1.807, 2.05) is 62.5 Å². The topological polar surface area (TPSA) is 81.2 Å². The molecule has 8 heterocycles. The van der Waals surface area contributed by atoms with Gasteiger partial charge in [0.1, 0.15) is 27.3 Å². The number of thiophene rings is 4. The Morgan fingerprint density at radius 1 is 0.439 bits per heavy atom. The Morgan fingerprint density at radius 3 is 0.985 bits per heavy atom. The molecular formula is C50H62N4O4S6Si2. The molecule has 4 amide bonds. The molecule has 8 nitrogen and oxygen atoms in total. The molecule has 66 heavy (non-hydrogen) atoms. The Labute approximate surface area is 419 Å². The molecule has 4 aliphatic rings. The molecule has 0 unspecified atom stereocenters. The molecule has 0 saturated carbocycles. The maximum absolute atomic E-state index is 13.8. The van der Waals surface area contributed by atoms with Crippen molar-refractivity contribution in [2.24, 2.45) is 0 Å². The molecular weight excluding hydrogens is 969 g/mol. The van der Waals surface area contributed by atoms with E-state index in [0.29, 0.717) is 26.2 Å². The predicted molar refractivity (Wildman–Crippen MR) is 294 cm³/mol. The van der Waals surface area contributed by atoms with Crippen molar-refractivity contribution in [3.05, 3.63) is 45.2 Å². The Balaban J connectivity index is 1.25. The van der Waals surface area contributed by atoms with Gasteiger partial charge in [0, 0.05) is 65.2 Å². The van der Waals surface area contributed by atoms with E-state index in [-0.39, 0.29) is 45.0 Å². The van der Waals surface area contributed by atoms with Crippen molar-refractivity contribution in [1.82, 2.24) is 19.6 Å². The highest BCUT2D eigenvalue weighted by molar-refractivity contribution is 7.80. The van der Waals surface area contributed by atoms with Crippen LogP contribution in [0.2, 0.25) is 24.2 Å². The molecule has 0 N–H and O–H groups in total. The van der Waals surface area contributed by atoms with Crippen molar-refractivity contribution in [2.45, 2.75) is 131 Å². The summed E-state index contributed by atoms with van der Waals surface area (Å²) in [6.07, 6.45) is 12.9. The number of carbonyl (C=O) groups excluding carboxylic acids is 4. The number of likely N-dealkylation sites (N-methyl/N-ethyl adjacent to an activating group) is 4. The van der Waals surface area contributed by atoms with E-state index < -0.39 is 16.1 Å². The Hall–Kier alpha value is -3.23. The standard InChI is InChI=1S/C50H62N4O4S6Si2/c1-9-17-21-65(22-18-10-2)37-27-31(25-33-45(55)51(13-5)49(59)52(14-6)46(33)56)61-41(37)43-39(65)29-35(63-43)36-30-40-44(64-36)42-38(66(40,23-19-11-3)24-20-12-4)28-32(62-42)26-34-47(57)53(15-7)50(60)54(16-8)48(34)58/h25-30H,9-24H2,1-8H3. The first-order chi connectivity index (χ1) is 31.8. The third kappa shape index (κ3) is 8.00. The van der Waals surface area contributed by atoms with Crippen LogP contribution in [0.5, 0.6) is 0 Å². The third-order valence-corrected chi connectivity index (χ3v) is 31.3. The van der Waals surface area contributed by atoms with E-state index in [1.165, 1.54) is 89.5 Å². The lowest BCUT2D eigenvalue weighted by molar-refractivity contribution is -0.135. The summed E-state index contributed by atoms with van der Waals surface area (Å²) in [5, 5.41) is 6.72. The molecule has 4 aromatic heterocycles. The summed E-state index contributed by atoms with van der Waals surface area (Å²) in [6, 6.07) is 14.6. The van der Waals surface area contributed by atoms with Crippen LogP contribution >= 0.6 is 69.8 Å². The number of carbonyl (C=O) groups is 4. The number of fused-ring (bicyclic) bond motifs is 6. The Kier molecular flexibility index (Phi) is 14.9. The van der Waals surface area contributed by atoms with Crippen molar-refractivity contribution < 1.29 is 19.2 Å². The van der Waals surface area contributed by atoms with Crippen LogP contribution in [0.4, 0.5) is 0 Å². The van der Waals surface area contributed by atoms with E-state index in [0.717, 1.165) is 35.4 Å². The molecule has 4 aliphatic heterocycles. The first kappa shape index (κ1) is 49.2. The maximum atomic E-state index is 13.8. The number of rotatable bonds is 19. The number of hydrogen-bond donors (Lipinski definition) is 0. The van der Waals surface area contributed by atoms with Gasteiger partial charge in [0.25, 0.3) is 23.6 Å². The quantitative estimate of drug-likeness (QED) is 0.0403. The smallest absolute Gasteiger partial charge is 0.265 e. The number of nitrogens with zero attached hydrogens (tertiary/aromatic N) is 4. The van der Waals surface area contributed by atoms with Gasteiger partial charge in [0.15, 0.2) is 10.2 Å². The van der Waals surface area contributed by atoms with Crippen molar-refractivity contribution in [3.63, 3.8) is 0 Å². The summed E-state index contributed by atoms with van der Waals surface area (Å²) >= 11 is 18.6. The third-order valence-electron chi connectivity index (χ3n) is 14.2. The lowest BCUT2D eigenvalue weighted by atomic mass is 10.1. The van der Waals surface area contributed by atoms with Crippen molar-refractivity contribution >= 4 is 153 Å². The van der Waals surface area contributed by atoms with Crippen molar-refractivity contribution in [2.75, 3.05) is 26.2 Å². The fourth-order valence-electron chi connectivity index (χ4n) is 10.7. The predicted octanol–water partition coefficient (Wildman–Crippen LogP) is 10.6. The van der Waals surface area contributed by atoms with Gasteiger partial charge in [0.2, 0.25) is 0 Å². The zero-order chi connectivity index (χ0) is 47.2. The van der Waals surface area contributed by atoms with Gasteiger partial charge in [-0.05, 0) is 133 Å². The first-order valence-electron chi connectivity index (χ1n) is 24.2. The monoisotopic (exact) mass is 1030 g/mol. The van der Waals surface area contributed by atoms with Crippen LogP contribution in [0.15, 0.2) is 35.4 Å². The summed E-state index contributed by atoms with van der Waals surface area (Å²) in [5.41, 5.74) is 0.389. The molecule has 16 heteroatoms. The first-order valence-corrected chi connectivity index (χ1v) is 33.1. The Bertz CT molecular complexity index is 2430. The highest BCUT2D eigenvalue weighted by Gasteiger charge is 2.50. The number of unbranched alkanes of at least 4 members (excludes halogenated alkanes) is 4. The normalized spacial score (nSPS) is 17.4. The van der Waals surface area contributed by atoms with Crippen LogP contribution in [-0.4, -0.2) is 95.8 Å². The van der Waals surface area contributed by atoms with Crippen molar-refractivity contribution in [1.29, 1.82) is 0 Å². The molecule has 0 radical (unpaired) electrons. The van der Waals surface area contributed by atoms with Crippen LogP contribution in [0.1, 0.15) is 117 Å². The van der Waals surface area contributed by atoms with Gasteiger partial charge in [-0.15, -0.1) is 45.3 Å². The second kappa shape index (κ2) is 20.0. The lowest BCUT2D eigenvalue weighted by Gasteiger charge is -2.35. The zero-order valence-electron chi connectivity index (χ0n) is 39.6. The average molecular weight is 1030 g/mol. The number of hydrogen-bond acceptors (Lipinski definition) is 10. The van der Waals surface area contributed by atoms with Gasteiger partial charge in [-0.25, -0.2) is 0 Å². The maximum Gasteiger partial charge on any atom is 0.265 e. The average Bonchev–Trinajstić information content (AvgIpc) is 4.16. The van der Waals surface area contributed by atoms with Crippen LogP contribution in [0.25, 0.3) is 41.4 Å². The number of thiocarbonyl (C=S) groups is 2. The zero-order valence-corrected chi connectivity index (χ0v) is 46.5. The molecule has 350 valence electrons. The van der Waals surface area contributed by atoms with Gasteiger partial charge in [-0.3, -0.25) is 38.8 Å². The second-order valence-electron chi connectivity index (χ2n) is 17.9. The minimum absolute atomic E-state index is 0.194. The van der Waals surface area contributed by atoms with Gasteiger partial charge in [0.05, 0.1) is 0 Å². The molecule has 2 fully saturated rings. The summed E-state index contributed by atoms with van der Waals surface area (Å²) in [6.45, 7) is 18.5. The van der Waals surface area contributed by atoms with Gasteiger partial charge in [-0.1, -0.05) is 79.1 Å². The summed E-state index contributed by atoms with van der Waals surface area (Å²) < 4.78 is 0. The van der Waals surface area contributed by atoms with E-state index in [1.54, 1.807) is 52.6 Å². The fourth-order valence-corrected chi connectivity index (χ4v) is 30.8. The minimum Gasteiger partial charge on any atom is -0.285 e. The van der Waals surface area contributed by atoms with E-state index in [9.17, 15) is 19.2 Å². The summed E-state index contributed by atoms with van der Waals surface area (Å²) in [7, 11) is -4.42. The van der Waals surface area contributed by atoms with E-state index in [4.69, 9.17) is 24.4 Å². The highest BCUT2D eigenvalue weighted by atomic mass is 32.1. The summed E-state index contributed by atoms with van der Waals surface area (Å²) in [4.78, 5) is 71.3. The largest absolute Gasteiger partial charge is 0.285 e. The van der Waals surface area contributed by atoms with Gasteiger partial charge in [-0.2, -0.15) is 0 Å². The molecule has 0 aromatic carbocycles. The molecule has 0 atom stereocenters. The molecule has 2 saturated heterocycles. The van der Waals surface area contributed by atoms with Crippen LogP contribution in [0, 0.1) is 0 Å². The minimum atomic E-state index is -2.21. The van der Waals surface area contributed by atoms with Crippen LogP contribution < -0.4 is 20.7 Å². The van der Waals surface area contributed by atoms with E-state index in [2.05, 4.69) is 52.0 Å². The van der Waals surface area contributed by atoms with Gasteiger partial charge < -0.3 is 0 Å². The number of amides is 4. The molecule has 4 aromatic rings. The fraction of sp³-hybridized carbons (Fsp3) is 0.480. The van der Waals surface area contributed by atoms with Crippen LogP contribution in [-0.2, 0) is 19.2 Å². The highest BCUT2D eigenvalue weighted by Crippen LogP contribution is 2.50. The van der Waals surface area contributed by atoms with Crippen LogP contribution in [0.3, 0.4) is 0 Å². The van der Waals surface area contributed by atoms with Crippen molar-refractivity contribution in [3.8, 4) is 29.3 Å². The van der Waals surface area contributed by atoms with E-state index >= 15 is 0 Å². The molecule has 8 rings (SSSR count). The SMILES string of the molecule is CCCC[Si]1(CCCC)c2cc(C=C3C(=O)N(CC)C(=S)N(CC)C3=O)sc2-c2sc(-c3cc4c(s3)-c3sc(C=C5C(=O)N(CC)C(=S)N(CC)C5=O)cc3[Si]4(CCCC)CCCC)cc21. The molecule has 0 bridgehead atoms. The van der Waals surface area contributed by atoms with Gasteiger partial charge >= 0.3 is 0 Å².